The van der Waals surface area contributed by atoms with Crippen molar-refractivity contribution in [2.24, 2.45) is 5.92 Å². The molecule has 2 N–H and O–H groups in total. The second kappa shape index (κ2) is 8.40. The maximum absolute atomic E-state index is 12.7. The Hall–Kier alpha value is -1.59. The lowest BCUT2D eigenvalue weighted by atomic mass is 9.94. The molecule has 0 saturated carbocycles. The van der Waals surface area contributed by atoms with E-state index in [9.17, 15) is 9.59 Å². The summed E-state index contributed by atoms with van der Waals surface area (Å²) in [7, 11) is 0. The maximum Gasteiger partial charge on any atom is 0.253 e. The molecule has 3 heterocycles. The normalized spacial score (nSPS) is 30.4. The summed E-state index contributed by atoms with van der Waals surface area (Å²) in [5.41, 5.74) is 0.707. The van der Waals surface area contributed by atoms with Crippen molar-refractivity contribution in [2.75, 3.05) is 13.1 Å². The highest BCUT2D eigenvalue weighted by atomic mass is 35.5. The highest BCUT2D eigenvalue weighted by molar-refractivity contribution is 5.94. The number of likely N-dealkylation sites (tertiary alicyclic amines) is 1. The molecule has 0 aromatic heterocycles. The second-order valence-electron chi connectivity index (χ2n) is 7.77. The lowest BCUT2D eigenvalue weighted by Crippen LogP contribution is -2.51. The molecule has 3 aliphatic rings. The number of carbonyl (C=O) groups excluding carboxylic acids is 2. The lowest BCUT2D eigenvalue weighted by molar-refractivity contribution is -0.127. The first-order valence-corrected chi connectivity index (χ1v) is 9.60. The minimum absolute atomic E-state index is 0. The summed E-state index contributed by atoms with van der Waals surface area (Å²) in [4.78, 5) is 27.2. The van der Waals surface area contributed by atoms with E-state index < -0.39 is 0 Å². The second-order valence-corrected chi connectivity index (χ2v) is 7.77. The molecule has 1 aromatic rings. The number of carbonyl (C=O) groups is 2. The van der Waals surface area contributed by atoms with Crippen LogP contribution >= 0.6 is 12.4 Å². The Bertz CT molecular complexity index is 627. The van der Waals surface area contributed by atoms with Gasteiger partial charge in [0.05, 0.1) is 5.92 Å². The first kappa shape index (κ1) is 19.2. The van der Waals surface area contributed by atoms with Crippen molar-refractivity contribution in [3.63, 3.8) is 0 Å². The summed E-state index contributed by atoms with van der Waals surface area (Å²) in [6, 6.07) is 10.8. The third-order valence-electron chi connectivity index (χ3n) is 5.92. The van der Waals surface area contributed by atoms with Crippen LogP contribution in [0.2, 0.25) is 0 Å². The summed E-state index contributed by atoms with van der Waals surface area (Å²) in [5.74, 6) is 0.101. The Morgan fingerprint density at radius 2 is 1.73 bits per heavy atom. The average molecular weight is 378 g/mol. The highest BCUT2D eigenvalue weighted by Crippen LogP contribution is 2.27. The molecule has 2 bridgehead atoms. The van der Waals surface area contributed by atoms with E-state index in [1.54, 1.807) is 0 Å². The van der Waals surface area contributed by atoms with E-state index >= 15 is 0 Å². The van der Waals surface area contributed by atoms with E-state index in [1.807, 2.05) is 35.2 Å². The fraction of sp³-hybridized carbons (Fsp3) is 0.600. The van der Waals surface area contributed by atoms with Gasteiger partial charge in [-0.1, -0.05) is 18.2 Å². The molecular weight excluding hydrogens is 350 g/mol. The van der Waals surface area contributed by atoms with Crippen molar-refractivity contribution >= 4 is 24.2 Å². The Morgan fingerprint density at radius 1 is 1.04 bits per heavy atom. The van der Waals surface area contributed by atoms with Gasteiger partial charge in [0.15, 0.2) is 0 Å². The zero-order valence-corrected chi connectivity index (χ0v) is 15.8. The summed E-state index contributed by atoms with van der Waals surface area (Å²) < 4.78 is 0. The van der Waals surface area contributed by atoms with Gasteiger partial charge >= 0.3 is 0 Å². The van der Waals surface area contributed by atoms with Gasteiger partial charge in [0.1, 0.15) is 0 Å². The van der Waals surface area contributed by atoms with Crippen molar-refractivity contribution in [3.8, 4) is 0 Å². The van der Waals surface area contributed by atoms with Crippen LogP contribution in [0.25, 0.3) is 0 Å². The van der Waals surface area contributed by atoms with Crippen LogP contribution in [0.15, 0.2) is 30.3 Å². The van der Waals surface area contributed by atoms with Gasteiger partial charge in [0, 0.05) is 36.8 Å². The molecule has 142 valence electrons. The monoisotopic (exact) mass is 377 g/mol. The molecule has 0 radical (unpaired) electrons. The van der Waals surface area contributed by atoms with Crippen molar-refractivity contribution in [1.29, 1.82) is 0 Å². The molecule has 4 rings (SSSR count). The number of rotatable bonds is 3. The fourth-order valence-electron chi connectivity index (χ4n) is 4.63. The predicted molar refractivity (Wildman–Crippen MR) is 103 cm³/mol. The van der Waals surface area contributed by atoms with Crippen molar-refractivity contribution in [2.45, 2.75) is 56.7 Å². The Kier molecular flexibility index (Phi) is 6.20. The third kappa shape index (κ3) is 4.21. The SMILES string of the molecule is Cl.O=C(NC1CC2CCC(C1)N2)C1CCCN(C(=O)c2ccccc2)C1. The minimum Gasteiger partial charge on any atom is -0.353 e. The number of fused-ring (bicyclic) bond motifs is 2. The van der Waals surface area contributed by atoms with Crippen molar-refractivity contribution in [3.05, 3.63) is 35.9 Å². The topological polar surface area (TPSA) is 61.4 Å². The van der Waals surface area contributed by atoms with Gasteiger partial charge in [0.25, 0.3) is 5.91 Å². The van der Waals surface area contributed by atoms with Gasteiger partial charge in [0.2, 0.25) is 5.91 Å². The molecule has 1 aromatic carbocycles. The van der Waals surface area contributed by atoms with E-state index in [4.69, 9.17) is 0 Å². The molecule has 3 atom stereocenters. The van der Waals surface area contributed by atoms with Gasteiger partial charge in [-0.15, -0.1) is 12.4 Å². The van der Waals surface area contributed by atoms with E-state index in [0.29, 0.717) is 30.2 Å². The van der Waals surface area contributed by atoms with Gasteiger partial charge in [-0.05, 0) is 50.7 Å². The zero-order valence-electron chi connectivity index (χ0n) is 15.0. The molecule has 0 spiro atoms. The van der Waals surface area contributed by atoms with Crippen LogP contribution in [0.5, 0.6) is 0 Å². The number of amides is 2. The first-order valence-electron chi connectivity index (χ1n) is 9.60. The lowest BCUT2D eigenvalue weighted by Gasteiger charge is -2.34. The molecule has 3 saturated heterocycles. The molecule has 26 heavy (non-hydrogen) atoms. The maximum atomic E-state index is 12.7. The zero-order chi connectivity index (χ0) is 17.2. The Labute approximate surface area is 161 Å². The summed E-state index contributed by atoms with van der Waals surface area (Å²) in [5, 5.41) is 6.88. The van der Waals surface area contributed by atoms with Crippen LogP contribution in [0.1, 0.15) is 48.9 Å². The minimum atomic E-state index is -0.0750. The third-order valence-corrected chi connectivity index (χ3v) is 5.92. The fourth-order valence-corrected chi connectivity index (χ4v) is 4.63. The number of piperidine rings is 2. The molecule has 0 aliphatic carbocycles. The van der Waals surface area contributed by atoms with Gasteiger partial charge in [-0.3, -0.25) is 9.59 Å². The number of nitrogens with zero attached hydrogens (tertiary/aromatic N) is 1. The van der Waals surface area contributed by atoms with E-state index in [0.717, 1.165) is 32.2 Å². The predicted octanol–water partition coefficient (Wildman–Crippen LogP) is 2.36. The number of hydrogen-bond donors (Lipinski definition) is 2. The molecule has 3 unspecified atom stereocenters. The standard InChI is InChI=1S/C20H27N3O2.ClH/c24-19(22-18-11-16-8-9-17(12-18)21-16)15-7-4-10-23(13-15)20(25)14-5-2-1-3-6-14;/h1-3,5-6,15-18,21H,4,7-13H2,(H,22,24);1H. The number of halogens is 1. The average Bonchev–Trinajstić information content (AvgIpc) is 3.00. The first-order chi connectivity index (χ1) is 12.2. The summed E-state index contributed by atoms with van der Waals surface area (Å²) >= 11 is 0. The molecule has 5 nitrogen and oxygen atoms in total. The van der Waals surface area contributed by atoms with Crippen LogP contribution < -0.4 is 10.6 Å². The Balaban J connectivity index is 0.00000196. The van der Waals surface area contributed by atoms with Gasteiger partial charge < -0.3 is 15.5 Å². The van der Waals surface area contributed by atoms with E-state index in [1.165, 1.54) is 12.8 Å². The van der Waals surface area contributed by atoms with E-state index in [-0.39, 0.29) is 30.1 Å². The van der Waals surface area contributed by atoms with Crippen LogP contribution in [0.4, 0.5) is 0 Å². The van der Waals surface area contributed by atoms with Crippen molar-refractivity contribution in [1.82, 2.24) is 15.5 Å². The quantitative estimate of drug-likeness (QED) is 0.850. The summed E-state index contributed by atoms with van der Waals surface area (Å²) in [6.07, 6.45) is 6.33. The molecule has 3 aliphatic heterocycles. The van der Waals surface area contributed by atoms with Crippen LogP contribution in [-0.4, -0.2) is 47.9 Å². The van der Waals surface area contributed by atoms with Gasteiger partial charge in [-0.25, -0.2) is 0 Å². The van der Waals surface area contributed by atoms with E-state index in [2.05, 4.69) is 10.6 Å². The summed E-state index contributed by atoms with van der Waals surface area (Å²) in [6.45, 7) is 1.28. The molecule has 6 heteroatoms. The molecule has 2 amide bonds. The molecule has 3 fully saturated rings. The number of hydrogen-bond acceptors (Lipinski definition) is 3. The van der Waals surface area contributed by atoms with Crippen molar-refractivity contribution < 1.29 is 9.59 Å². The van der Waals surface area contributed by atoms with Gasteiger partial charge in [-0.2, -0.15) is 0 Å². The largest absolute Gasteiger partial charge is 0.353 e. The molecular formula is C20H28ClN3O2. The van der Waals surface area contributed by atoms with Crippen LogP contribution in [0, 0.1) is 5.92 Å². The number of benzene rings is 1. The van der Waals surface area contributed by atoms with Crippen LogP contribution in [0.3, 0.4) is 0 Å². The Morgan fingerprint density at radius 3 is 2.42 bits per heavy atom. The smallest absolute Gasteiger partial charge is 0.253 e. The van der Waals surface area contributed by atoms with Crippen LogP contribution in [-0.2, 0) is 4.79 Å². The highest BCUT2D eigenvalue weighted by Gasteiger charge is 2.36. The number of nitrogens with one attached hydrogen (secondary N) is 2.